The molecular weight excluding hydrogens is 398 g/mol. The summed E-state index contributed by atoms with van der Waals surface area (Å²) in [6.07, 6.45) is 0.987. The van der Waals surface area contributed by atoms with Gasteiger partial charge in [0.1, 0.15) is 16.5 Å². The summed E-state index contributed by atoms with van der Waals surface area (Å²) in [5.41, 5.74) is 1.10. The van der Waals surface area contributed by atoms with Crippen LogP contribution in [0.4, 0.5) is 8.78 Å². The van der Waals surface area contributed by atoms with Crippen molar-refractivity contribution in [2.45, 2.75) is 38.1 Å². The Labute approximate surface area is 169 Å². The van der Waals surface area contributed by atoms with Crippen molar-refractivity contribution in [1.82, 2.24) is 9.62 Å². The molecule has 5 nitrogen and oxygen atoms in total. The molecule has 1 aliphatic heterocycles. The number of benzene rings is 2. The first-order valence-electron chi connectivity index (χ1n) is 9.41. The summed E-state index contributed by atoms with van der Waals surface area (Å²) in [6.45, 7) is 4.13. The number of nitrogens with zero attached hydrogens (tertiary/aromatic N) is 1. The van der Waals surface area contributed by atoms with Gasteiger partial charge in [-0.05, 0) is 49.9 Å². The number of piperidine rings is 1. The summed E-state index contributed by atoms with van der Waals surface area (Å²) < 4.78 is 54.1. The van der Waals surface area contributed by atoms with Crippen LogP contribution in [-0.2, 0) is 21.4 Å². The number of rotatable bonds is 5. The Morgan fingerprint density at radius 1 is 1.21 bits per heavy atom. The Bertz CT molecular complexity index is 1030. The fraction of sp³-hybridized carbons (Fsp3) is 0.381. The molecule has 0 saturated carbocycles. The molecule has 2 aromatic carbocycles. The van der Waals surface area contributed by atoms with E-state index in [1.807, 2.05) is 31.2 Å². The van der Waals surface area contributed by atoms with Crippen molar-refractivity contribution >= 4 is 15.9 Å². The third kappa shape index (κ3) is 4.48. The molecule has 1 heterocycles. The number of halogens is 2. The van der Waals surface area contributed by atoms with Crippen molar-refractivity contribution in [2.24, 2.45) is 5.41 Å². The van der Waals surface area contributed by atoms with Gasteiger partial charge in [0, 0.05) is 25.7 Å². The lowest BCUT2D eigenvalue weighted by Crippen LogP contribution is -2.51. The maximum absolute atomic E-state index is 14.1. The highest BCUT2D eigenvalue weighted by molar-refractivity contribution is 7.89. The van der Waals surface area contributed by atoms with E-state index in [1.165, 1.54) is 0 Å². The average molecular weight is 422 g/mol. The van der Waals surface area contributed by atoms with Crippen LogP contribution in [0.1, 0.15) is 30.9 Å². The Morgan fingerprint density at radius 3 is 2.62 bits per heavy atom. The van der Waals surface area contributed by atoms with E-state index in [4.69, 9.17) is 0 Å². The first-order valence-corrected chi connectivity index (χ1v) is 10.9. The maximum atomic E-state index is 14.1. The topological polar surface area (TPSA) is 66.5 Å². The molecule has 2 aromatic rings. The zero-order valence-electron chi connectivity index (χ0n) is 16.4. The Morgan fingerprint density at radius 2 is 1.93 bits per heavy atom. The molecule has 156 valence electrons. The van der Waals surface area contributed by atoms with Crippen LogP contribution < -0.4 is 5.32 Å². The average Bonchev–Trinajstić information content (AvgIpc) is 2.67. The Hall–Kier alpha value is -2.32. The van der Waals surface area contributed by atoms with Crippen LogP contribution in [0.25, 0.3) is 0 Å². The molecule has 0 spiro atoms. The first-order chi connectivity index (χ1) is 13.6. The van der Waals surface area contributed by atoms with Crippen molar-refractivity contribution in [3.63, 3.8) is 0 Å². The van der Waals surface area contributed by atoms with E-state index in [0.29, 0.717) is 25.5 Å². The fourth-order valence-corrected chi connectivity index (χ4v) is 5.25. The molecule has 8 heteroatoms. The minimum atomic E-state index is -4.18. The van der Waals surface area contributed by atoms with Gasteiger partial charge in [0.15, 0.2) is 0 Å². The summed E-state index contributed by atoms with van der Waals surface area (Å²) >= 11 is 0. The lowest BCUT2D eigenvalue weighted by atomic mass is 9.82. The van der Waals surface area contributed by atoms with Crippen LogP contribution in [0, 0.1) is 24.0 Å². The second kappa shape index (κ2) is 8.20. The largest absolute Gasteiger partial charge is 0.352 e. The number of carbonyl (C=O) groups excluding carboxylic acids is 1. The van der Waals surface area contributed by atoms with Crippen LogP contribution in [0.3, 0.4) is 0 Å². The number of sulfonamides is 1. The number of carbonyl (C=O) groups is 1. The monoisotopic (exact) mass is 422 g/mol. The summed E-state index contributed by atoms with van der Waals surface area (Å²) in [5, 5.41) is 2.90. The van der Waals surface area contributed by atoms with E-state index in [2.05, 4.69) is 5.32 Å². The fourth-order valence-electron chi connectivity index (χ4n) is 3.60. The molecule has 1 amide bonds. The molecule has 0 bridgehead atoms. The maximum Gasteiger partial charge on any atom is 0.246 e. The molecule has 1 saturated heterocycles. The van der Waals surface area contributed by atoms with Crippen molar-refractivity contribution in [2.75, 3.05) is 13.1 Å². The van der Waals surface area contributed by atoms with Gasteiger partial charge in [-0.15, -0.1) is 0 Å². The summed E-state index contributed by atoms with van der Waals surface area (Å²) in [7, 11) is -4.18. The highest BCUT2D eigenvalue weighted by atomic mass is 32.2. The quantitative estimate of drug-likeness (QED) is 0.803. The third-order valence-corrected chi connectivity index (χ3v) is 7.30. The standard InChI is InChI=1S/C21H24F2N2O3S/c1-15-6-3-4-7-16(15)13-24-20(26)21(2)10-5-11-25(14-21)29(27,28)19-9-8-17(22)12-18(19)23/h3-4,6-9,12H,5,10-11,13-14H2,1-2H3,(H,24,26)/t21-/m1/s1. The number of hydrogen-bond acceptors (Lipinski definition) is 3. The molecular formula is C21H24F2N2O3S. The molecule has 1 atom stereocenters. The summed E-state index contributed by atoms with van der Waals surface area (Å²) in [6, 6.07) is 10.1. The van der Waals surface area contributed by atoms with Gasteiger partial charge in [0.2, 0.25) is 15.9 Å². The van der Waals surface area contributed by atoms with E-state index in [-0.39, 0.29) is 19.0 Å². The van der Waals surface area contributed by atoms with Gasteiger partial charge >= 0.3 is 0 Å². The molecule has 1 fully saturated rings. The number of amides is 1. The van der Waals surface area contributed by atoms with Gasteiger partial charge in [-0.25, -0.2) is 17.2 Å². The van der Waals surface area contributed by atoms with E-state index in [1.54, 1.807) is 6.92 Å². The molecule has 1 N–H and O–H groups in total. The minimum absolute atomic E-state index is 0.0637. The molecule has 1 aliphatic rings. The SMILES string of the molecule is Cc1ccccc1CNC(=O)[C@]1(C)CCCN(S(=O)(=O)c2ccc(F)cc2F)C1. The van der Waals surface area contributed by atoms with Crippen molar-refractivity contribution < 1.29 is 22.0 Å². The zero-order chi connectivity index (χ0) is 21.2. The van der Waals surface area contributed by atoms with E-state index in [0.717, 1.165) is 27.6 Å². The second-order valence-corrected chi connectivity index (χ2v) is 9.59. The van der Waals surface area contributed by atoms with Gasteiger partial charge < -0.3 is 5.32 Å². The molecule has 0 unspecified atom stereocenters. The van der Waals surface area contributed by atoms with Gasteiger partial charge in [0.25, 0.3) is 0 Å². The first kappa shape index (κ1) is 21.4. The zero-order valence-corrected chi connectivity index (χ0v) is 17.2. The Balaban J connectivity index is 1.76. The molecule has 0 radical (unpaired) electrons. The highest BCUT2D eigenvalue weighted by Gasteiger charge is 2.42. The van der Waals surface area contributed by atoms with Crippen molar-refractivity contribution in [3.05, 3.63) is 65.2 Å². The molecule has 3 rings (SSSR count). The van der Waals surface area contributed by atoms with Crippen molar-refractivity contribution in [3.8, 4) is 0 Å². The lowest BCUT2D eigenvalue weighted by Gasteiger charge is -2.38. The molecule has 0 aliphatic carbocycles. The summed E-state index contributed by atoms with van der Waals surface area (Å²) in [4.78, 5) is 12.3. The van der Waals surface area contributed by atoms with E-state index < -0.39 is 32.0 Å². The number of aryl methyl sites for hydroxylation is 1. The predicted molar refractivity (Wildman–Crippen MR) is 105 cm³/mol. The van der Waals surface area contributed by atoms with Crippen LogP contribution in [0.2, 0.25) is 0 Å². The van der Waals surface area contributed by atoms with Crippen LogP contribution in [-0.4, -0.2) is 31.7 Å². The Kier molecular flexibility index (Phi) is 6.05. The normalized spacial score (nSPS) is 20.4. The molecule has 29 heavy (non-hydrogen) atoms. The number of hydrogen-bond donors (Lipinski definition) is 1. The third-order valence-electron chi connectivity index (χ3n) is 5.42. The van der Waals surface area contributed by atoms with Crippen LogP contribution >= 0.6 is 0 Å². The minimum Gasteiger partial charge on any atom is -0.352 e. The molecule has 0 aromatic heterocycles. The lowest BCUT2D eigenvalue weighted by molar-refractivity contribution is -0.132. The van der Waals surface area contributed by atoms with Gasteiger partial charge in [-0.1, -0.05) is 24.3 Å². The second-order valence-electron chi connectivity index (χ2n) is 7.69. The predicted octanol–water partition coefficient (Wildman–Crippen LogP) is 3.38. The van der Waals surface area contributed by atoms with Crippen LogP contribution in [0.5, 0.6) is 0 Å². The smallest absolute Gasteiger partial charge is 0.246 e. The van der Waals surface area contributed by atoms with Gasteiger partial charge in [-0.2, -0.15) is 4.31 Å². The summed E-state index contributed by atoms with van der Waals surface area (Å²) in [5.74, 6) is -2.23. The number of nitrogens with one attached hydrogen (secondary N) is 1. The van der Waals surface area contributed by atoms with Crippen LogP contribution in [0.15, 0.2) is 47.4 Å². The van der Waals surface area contributed by atoms with E-state index in [9.17, 15) is 22.0 Å². The van der Waals surface area contributed by atoms with Gasteiger partial charge in [0.05, 0.1) is 5.41 Å². The van der Waals surface area contributed by atoms with Crippen molar-refractivity contribution in [1.29, 1.82) is 0 Å². The van der Waals surface area contributed by atoms with E-state index >= 15 is 0 Å². The highest BCUT2D eigenvalue weighted by Crippen LogP contribution is 2.33. The van der Waals surface area contributed by atoms with Gasteiger partial charge in [-0.3, -0.25) is 4.79 Å².